The van der Waals surface area contributed by atoms with Crippen molar-refractivity contribution in [2.45, 2.75) is 45.3 Å². The van der Waals surface area contributed by atoms with Gasteiger partial charge in [0.1, 0.15) is 11.9 Å². The quantitative estimate of drug-likeness (QED) is 0.589. The van der Waals surface area contributed by atoms with Gasteiger partial charge in [-0.2, -0.15) is 0 Å². The van der Waals surface area contributed by atoms with Crippen molar-refractivity contribution >= 4 is 28.4 Å². The average Bonchev–Trinajstić information content (AvgIpc) is 3.01. The molecular weight excluding hydrogens is 388 g/mol. The summed E-state index contributed by atoms with van der Waals surface area (Å²) in [5.41, 5.74) is 4.57. The number of nitrogens with one attached hydrogen (secondary N) is 3. The lowest BCUT2D eigenvalue weighted by atomic mass is 10.0. The number of carbonyl (C=O) groups is 2. The second kappa shape index (κ2) is 7.76. The van der Waals surface area contributed by atoms with E-state index in [0.29, 0.717) is 23.7 Å². The molecule has 0 radical (unpaired) electrons. The third-order valence-corrected chi connectivity index (χ3v) is 6.68. The number of rotatable bonds is 2. The van der Waals surface area contributed by atoms with Crippen molar-refractivity contribution in [3.05, 3.63) is 65.4 Å². The van der Waals surface area contributed by atoms with Crippen LogP contribution in [0.3, 0.4) is 0 Å². The maximum absolute atomic E-state index is 13.2. The van der Waals surface area contributed by atoms with E-state index in [2.05, 4.69) is 52.6 Å². The van der Waals surface area contributed by atoms with Gasteiger partial charge in [0.2, 0.25) is 0 Å². The van der Waals surface area contributed by atoms with Gasteiger partial charge in [-0.25, -0.2) is 0 Å². The predicted octanol–water partition coefficient (Wildman–Crippen LogP) is 4.09. The van der Waals surface area contributed by atoms with Crippen LogP contribution in [0.2, 0.25) is 0 Å². The van der Waals surface area contributed by atoms with Gasteiger partial charge in [0.15, 0.2) is 0 Å². The van der Waals surface area contributed by atoms with E-state index in [9.17, 15) is 9.59 Å². The van der Waals surface area contributed by atoms with E-state index in [4.69, 9.17) is 0 Å². The van der Waals surface area contributed by atoms with Crippen molar-refractivity contribution in [3.63, 3.8) is 0 Å². The molecule has 1 aromatic heterocycles. The number of aryl methyl sites for hydroxylation is 1. The normalized spacial score (nSPS) is 23.0. The van der Waals surface area contributed by atoms with Gasteiger partial charge in [-0.1, -0.05) is 31.2 Å². The molecule has 3 aromatic rings. The molecule has 0 aliphatic carbocycles. The molecule has 0 fully saturated rings. The number of fused-ring (bicyclic) bond motifs is 4. The maximum Gasteiger partial charge on any atom is 0.267 e. The summed E-state index contributed by atoms with van der Waals surface area (Å²) in [6.45, 7) is 4.95. The molecule has 3 heterocycles. The summed E-state index contributed by atoms with van der Waals surface area (Å²) < 4.78 is 2.07. The van der Waals surface area contributed by atoms with Crippen LogP contribution < -0.4 is 16.0 Å². The van der Waals surface area contributed by atoms with E-state index in [0.717, 1.165) is 35.9 Å². The minimum Gasteiger partial charge on any atom is -0.365 e. The molecule has 2 aliphatic rings. The number of anilines is 1. The van der Waals surface area contributed by atoms with Crippen molar-refractivity contribution in [1.29, 1.82) is 0 Å². The highest BCUT2D eigenvalue weighted by Gasteiger charge is 2.26. The number of hydrogen-bond acceptors (Lipinski definition) is 3. The van der Waals surface area contributed by atoms with E-state index in [1.54, 1.807) is 0 Å². The molecular formula is C25H28N4O2. The van der Waals surface area contributed by atoms with Crippen LogP contribution in [0.25, 0.3) is 10.9 Å². The Morgan fingerprint density at radius 3 is 2.81 bits per heavy atom. The van der Waals surface area contributed by atoms with Gasteiger partial charge < -0.3 is 20.5 Å². The first-order valence-electron chi connectivity index (χ1n) is 11.1. The first kappa shape index (κ1) is 19.7. The van der Waals surface area contributed by atoms with E-state index >= 15 is 0 Å². The van der Waals surface area contributed by atoms with Crippen LogP contribution >= 0.6 is 0 Å². The van der Waals surface area contributed by atoms with Gasteiger partial charge in [-0.05, 0) is 61.9 Å². The number of para-hydroxylation sites is 1. The van der Waals surface area contributed by atoms with Crippen LogP contribution in [0.1, 0.15) is 59.1 Å². The third kappa shape index (κ3) is 3.56. The van der Waals surface area contributed by atoms with Crippen LogP contribution in [0, 0.1) is 5.92 Å². The average molecular weight is 417 g/mol. The molecule has 2 amide bonds. The van der Waals surface area contributed by atoms with Gasteiger partial charge in [0.25, 0.3) is 11.8 Å². The molecule has 0 spiro atoms. The Morgan fingerprint density at radius 2 is 1.94 bits per heavy atom. The number of hydrogen-bond donors (Lipinski definition) is 3. The van der Waals surface area contributed by atoms with Crippen LogP contribution in [-0.2, 0) is 6.42 Å². The molecule has 3 atom stereocenters. The number of carbonyl (C=O) groups excluding carboxylic acids is 2. The molecule has 160 valence electrons. The molecule has 6 nitrogen and oxygen atoms in total. The maximum atomic E-state index is 13.2. The van der Waals surface area contributed by atoms with Crippen molar-refractivity contribution in [1.82, 2.24) is 15.2 Å². The van der Waals surface area contributed by atoms with E-state index in [-0.39, 0.29) is 24.0 Å². The summed E-state index contributed by atoms with van der Waals surface area (Å²) in [7, 11) is 0. The predicted molar refractivity (Wildman–Crippen MR) is 122 cm³/mol. The van der Waals surface area contributed by atoms with Crippen molar-refractivity contribution in [2.75, 3.05) is 11.9 Å². The molecule has 0 saturated heterocycles. The standard InChI is InChI=1S/C25H28N4O2/c1-15-7-8-17-5-3-4-6-20(17)27-23(15)28-24(30)19-10-9-18-13-22-25(31)26-12-11-16(2)29(22)21(18)14-19/h3-6,9-10,13-16,23,27H,7-8,11-12H2,1-2H3,(H,26,31)(H,28,30). The summed E-state index contributed by atoms with van der Waals surface area (Å²) in [6.07, 6.45) is 2.73. The van der Waals surface area contributed by atoms with Gasteiger partial charge in [0, 0.05) is 34.7 Å². The number of amides is 2. The highest BCUT2D eigenvalue weighted by molar-refractivity contribution is 6.02. The van der Waals surface area contributed by atoms with Crippen LogP contribution in [0.15, 0.2) is 48.5 Å². The van der Waals surface area contributed by atoms with Crippen LogP contribution in [0.4, 0.5) is 5.69 Å². The van der Waals surface area contributed by atoms with Crippen LogP contribution in [-0.4, -0.2) is 29.1 Å². The number of benzene rings is 2. The fraction of sp³-hybridized carbons (Fsp3) is 0.360. The Balaban J connectivity index is 1.44. The number of nitrogens with zero attached hydrogens (tertiary/aromatic N) is 1. The Labute approximate surface area is 182 Å². The summed E-state index contributed by atoms with van der Waals surface area (Å²) in [5, 5.41) is 10.7. The summed E-state index contributed by atoms with van der Waals surface area (Å²) in [6, 6.07) is 16.1. The van der Waals surface area contributed by atoms with Crippen molar-refractivity contribution in [3.8, 4) is 0 Å². The molecule has 3 N–H and O–H groups in total. The SMILES string of the molecule is CC1CCc2ccccc2NC1NC(=O)c1ccc2cc3n(c2c1)C(C)CCNC3=O. The second-order valence-corrected chi connectivity index (χ2v) is 8.84. The van der Waals surface area contributed by atoms with Gasteiger partial charge >= 0.3 is 0 Å². The molecule has 5 rings (SSSR count). The van der Waals surface area contributed by atoms with Gasteiger partial charge in [-0.3, -0.25) is 9.59 Å². The smallest absolute Gasteiger partial charge is 0.267 e. The Kier molecular flexibility index (Phi) is 4.93. The van der Waals surface area contributed by atoms with Gasteiger partial charge in [-0.15, -0.1) is 0 Å². The number of aromatic nitrogens is 1. The first-order chi connectivity index (χ1) is 15.0. The molecule has 0 bridgehead atoms. The lowest BCUT2D eigenvalue weighted by Crippen LogP contribution is -2.44. The molecule has 0 saturated carbocycles. The zero-order chi connectivity index (χ0) is 21.5. The fourth-order valence-corrected chi connectivity index (χ4v) is 4.77. The summed E-state index contributed by atoms with van der Waals surface area (Å²) >= 11 is 0. The lowest BCUT2D eigenvalue weighted by molar-refractivity contribution is 0.0928. The highest BCUT2D eigenvalue weighted by atomic mass is 16.2. The van der Waals surface area contributed by atoms with E-state index < -0.39 is 0 Å². The largest absolute Gasteiger partial charge is 0.365 e. The van der Waals surface area contributed by atoms with Crippen molar-refractivity contribution < 1.29 is 9.59 Å². The van der Waals surface area contributed by atoms with Gasteiger partial charge in [0.05, 0.1) is 0 Å². The Bertz CT molecular complexity index is 1170. The molecule has 31 heavy (non-hydrogen) atoms. The van der Waals surface area contributed by atoms with Crippen LogP contribution in [0.5, 0.6) is 0 Å². The van der Waals surface area contributed by atoms with E-state index in [1.807, 2.05) is 30.3 Å². The summed E-state index contributed by atoms with van der Waals surface area (Å²) in [5.74, 6) is 0.141. The minimum atomic E-state index is -0.138. The first-order valence-corrected chi connectivity index (χ1v) is 11.1. The highest BCUT2D eigenvalue weighted by Crippen LogP contribution is 2.29. The molecule has 2 aliphatic heterocycles. The zero-order valence-corrected chi connectivity index (χ0v) is 17.9. The van der Waals surface area contributed by atoms with Crippen molar-refractivity contribution in [2.24, 2.45) is 5.92 Å². The minimum absolute atomic E-state index is 0.0540. The molecule has 6 heteroatoms. The fourth-order valence-electron chi connectivity index (χ4n) is 4.77. The zero-order valence-electron chi connectivity index (χ0n) is 17.9. The second-order valence-electron chi connectivity index (χ2n) is 8.84. The topological polar surface area (TPSA) is 75.2 Å². The third-order valence-electron chi connectivity index (χ3n) is 6.68. The Hall–Kier alpha value is -3.28. The summed E-state index contributed by atoms with van der Waals surface area (Å²) in [4.78, 5) is 25.6. The van der Waals surface area contributed by atoms with E-state index in [1.165, 1.54) is 5.56 Å². The Morgan fingerprint density at radius 1 is 1.10 bits per heavy atom. The monoisotopic (exact) mass is 416 g/mol. The molecule has 2 aromatic carbocycles. The lowest BCUT2D eigenvalue weighted by Gasteiger charge is -2.25. The molecule has 3 unspecified atom stereocenters.